The van der Waals surface area contributed by atoms with E-state index >= 15 is 0 Å². The van der Waals surface area contributed by atoms with E-state index in [2.05, 4.69) is 20.3 Å². The third kappa shape index (κ3) is 3.76. The van der Waals surface area contributed by atoms with Crippen molar-refractivity contribution in [2.45, 2.75) is 26.2 Å². The number of hydrogen-bond acceptors (Lipinski definition) is 6. The van der Waals surface area contributed by atoms with E-state index < -0.39 is 5.91 Å². The molecule has 3 N–H and O–H groups in total. The summed E-state index contributed by atoms with van der Waals surface area (Å²) in [5, 5.41) is 7.13. The Bertz CT molecular complexity index is 1030. The van der Waals surface area contributed by atoms with E-state index in [1.165, 1.54) is 24.0 Å². The number of fused-ring (bicyclic) bond motifs is 1. The van der Waals surface area contributed by atoms with Gasteiger partial charge in [-0.15, -0.1) is 11.3 Å². The fraction of sp³-hybridized carbons (Fsp3) is 0.368. The Morgan fingerprint density at radius 1 is 1.25 bits per heavy atom. The smallest absolute Gasteiger partial charge is 0.253 e. The molecule has 3 aromatic rings. The van der Waals surface area contributed by atoms with E-state index in [0.717, 1.165) is 42.1 Å². The zero-order valence-corrected chi connectivity index (χ0v) is 16.5. The van der Waals surface area contributed by atoms with Crippen molar-refractivity contribution in [2.24, 2.45) is 5.73 Å². The van der Waals surface area contributed by atoms with Crippen LogP contribution in [-0.4, -0.2) is 50.9 Å². The van der Waals surface area contributed by atoms with Crippen LogP contribution in [0.5, 0.6) is 0 Å². The lowest BCUT2D eigenvalue weighted by molar-refractivity contribution is -0.117. The lowest BCUT2D eigenvalue weighted by atomic mass is 10.1. The first-order valence-electron chi connectivity index (χ1n) is 9.27. The number of amides is 2. The van der Waals surface area contributed by atoms with Crippen LogP contribution in [-0.2, 0) is 4.79 Å². The quantitative estimate of drug-likeness (QED) is 0.686. The van der Waals surface area contributed by atoms with Crippen LogP contribution in [0, 0.1) is 6.92 Å². The number of thiazole rings is 1. The van der Waals surface area contributed by atoms with Gasteiger partial charge in [0, 0.05) is 17.5 Å². The molecule has 1 saturated heterocycles. The number of nitrogens with zero attached hydrogens (tertiary/aromatic N) is 4. The first kappa shape index (κ1) is 18.6. The van der Waals surface area contributed by atoms with Gasteiger partial charge >= 0.3 is 0 Å². The number of nitrogens with one attached hydrogen (secondary N) is 1. The second kappa shape index (κ2) is 7.69. The van der Waals surface area contributed by atoms with Crippen molar-refractivity contribution in [3.63, 3.8) is 0 Å². The molecular formula is C19H22N6O2S. The molecule has 9 heteroatoms. The van der Waals surface area contributed by atoms with Gasteiger partial charge in [0.15, 0.2) is 0 Å². The van der Waals surface area contributed by atoms with Crippen LogP contribution in [0.4, 0.5) is 5.69 Å². The summed E-state index contributed by atoms with van der Waals surface area (Å²) in [6.07, 6.45) is 8.52. The van der Waals surface area contributed by atoms with Gasteiger partial charge in [-0.2, -0.15) is 5.10 Å². The Morgan fingerprint density at radius 2 is 2.04 bits per heavy atom. The molecule has 8 nitrogen and oxygen atoms in total. The highest BCUT2D eigenvalue weighted by Gasteiger charge is 2.17. The van der Waals surface area contributed by atoms with E-state index in [1.54, 1.807) is 10.7 Å². The Labute approximate surface area is 166 Å². The lowest BCUT2D eigenvalue weighted by Gasteiger charge is -2.25. The second-order valence-corrected chi connectivity index (χ2v) is 8.04. The van der Waals surface area contributed by atoms with Crippen LogP contribution < -0.4 is 11.1 Å². The normalized spacial score (nSPS) is 15.0. The highest BCUT2D eigenvalue weighted by atomic mass is 32.1. The van der Waals surface area contributed by atoms with Crippen LogP contribution in [0.2, 0.25) is 0 Å². The predicted molar refractivity (Wildman–Crippen MR) is 108 cm³/mol. The molecule has 1 aliphatic rings. The average molecular weight is 398 g/mol. The van der Waals surface area contributed by atoms with Crippen LogP contribution in [0.15, 0.2) is 24.7 Å². The highest BCUT2D eigenvalue weighted by Crippen LogP contribution is 2.33. The summed E-state index contributed by atoms with van der Waals surface area (Å²) in [5.41, 5.74) is 8.18. The minimum atomic E-state index is -0.503. The summed E-state index contributed by atoms with van der Waals surface area (Å²) in [6, 6.07) is 1.91. The Kier molecular flexibility index (Phi) is 5.10. The maximum Gasteiger partial charge on any atom is 0.253 e. The summed E-state index contributed by atoms with van der Waals surface area (Å²) >= 11 is 1.42. The van der Waals surface area contributed by atoms with Crippen LogP contribution in [0.25, 0.3) is 15.3 Å². The predicted octanol–water partition coefficient (Wildman–Crippen LogP) is 2.29. The molecule has 0 aliphatic carbocycles. The van der Waals surface area contributed by atoms with E-state index in [4.69, 9.17) is 5.73 Å². The molecule has 4 heterocycles. The van der Waals surface area contributed by atoms with E-state index in [1.807, 2.05) is 19.2 Å². The molecule has 146 valence electrons. The summed E-state index contributed by atoms with van der Waals surface area (Å²) < 4.78 is 1.64. The van der Waals surface area contributed by atoms with Crippen LogP contribution in [0.3, 0.4) is 0 Å². The average Bonchev–Trinajstić information content (AvgIpc) is 3.24. The number of aryl methyl sites for hydroxylation is 1. The molecule has 0 radical (unpaired) electrons. The second-order valence-electron chi connectivity index (χ2n) is 7.01. The standard InChI is InChI=1S/C19H22N6O2S/c1-12-14(16-10-25-19(28-16)15(9-22-25)18(20)27)7-13(8-21-12)23-17(26)11-24-5-3-2-4-6-24/h7-10H,2-6,11H2,1H3,(H2,20,27)(H,23,26). The molecule has 3 aromatic heterocycles. The summed E-state index contributed by atoms with van der Waals surface area (Å²) in [4.78, 5) is 32.1. The number of primary amides is 1. The van der Waals surface area contributed by atoms with Crippen molar-refractivity contribution in [2.75, 3.05) is 25.0 Å². The number of rotatable bonds is 5. The zero-order chi connectivity index (χ0) is 19.7. The topological polar surface area (TPSA) is 106 Å². The largest absolute Gasteiger partial charge is 0.365 e. The third-order valence-corrected chi connectivity index (χ3v) is 6.06. The molecule has 4 rings (SSSR count). The Morgan fingerprint density at radius 3 is 2.79 bits per heavy atom. The van der Waals surface area contributed by atoms with Gasteiger partial charge in [0.05, 0.1) is 35.1 Å². The Hall–Kier alpha value is -2.78. The number of pyridine rings is 1. The molecular weight excluding hydrogens is 376 g/mol. The molecule has 2 amide bonds. The van der Waals surface area contributed by atoms with Crippen molar-refractivity contribution in [1.82, 2.24) is 19.5 Å². The van der Waals surface area contributed by atoms with Gasteiger partial charge in [-0.1, -0.05) is 6.42 Å². The first-order valence-corrected chi connectivity index (χ1v) is 10.1. The van der Waals surface area contributed by atoms with Crippen molar-refractivity contribution in [3.05, 3.63) is 35.9 Å². The van der Waals surface area contributed by atoms with Gasteiger partial charge in [0.1, 0.15) is 4.83 Å². The molecule has 0 saturated carbocycles. The summed E-state index contributed by atoms with van der Waals surface area (Å²) in [6.45, 7) is 4.26. The van der Waals surface area contributed by atoms with Crippen molar-refractivity contribution < 1.29 is 9.59 Å². The van der Waals surface area contributed by atoms with Crippen LogP contribution in [0.1, 0.15) is 35.3 Å². The number of nitrogens with two attached hydrogens (primary N) is 1. The number of likely N-dealkylation sites (tertiary alicyclic amines) is 1. The molecule has 0 bridgehead atoms. The fourth-order valence-corrected chi connectivity index (χ4v) is 4.59. The number of anilines is 1. The van der Waals surface area contributed by atoms with Crippen molar-refractivity contribution >= 4 is 33.7 Å². The maximum atomic E-state index is 12.4. The minimum absolute atomic E-state index is 0.0319. The Balaban J connectivity index is 1.55. The number of piperidine rings is 1. The number of carbonyl (C=O) groups excluding carboxylic acids is 2. The van der Waals surface area contributed by atoms with Gasteiger partial charge < -0.3 is 11.1 Å². The third-order valence-electron chi connectivity index (χ3n) is 4.91. The van der Waals surface area contributed by atoms with Crippen molar-refractivity contribution in [1.29, 1.82) is 0 Å². The molecule has 1 aliphatic heterocycles. The molecule has 0 atom stereocenters. The van der Waals surface area contributed by atoms with Gasteiger partial charge in [-0.3, -0.25) is 19.5 Å². The lowest BCUT2D eigenvalue weighted by Crippen LogP contribution is -2.36. The first-order chi connectivity index (χ1) is 13.5. The van der Waals surface area contributed by atoms with E-state index in [9.17, 15) is 9.59 Å². The maximum absolute atomic E-state index is 12.4. The minimum Gasteiger partial charge on any atom is -0.365 e. The van der Waals surface area contributed by atoms with Crippen molar-refractivity contribution in [3.8, 4) is 10.4 Å². The summed E-state index contributed by atoms with van der Waals surface area (Å²) in [5.74, 6) is -0.535. The molecule has 28 heavy (non-hydrogen) atoms. The molecule has 0 unspecified atom stereocenters. The van der Waals surface area contributed by atoms with E-state index in [0.29, 0.717) is 22.6 Å². The number of carbonyl (C=O) groups is 2. The molecule has 1 fully saturated rings. The monoisotopic (exact) mass is 398 g/mol. The SMILES string of the molecule is Cc1ncc(NC(=O)CN2CCCCC2)cc1-c1cn2ncc(C(N)=O)c2s1. The van der Waals surface area contributed by atoms with E-state index in [-0.39, 0.29) is 5.91 Å². The number of aromatic nitrogens is 3. The van der Waals surface area contributed by atoms with Gasteiger partial charge in [0.2, 0.25) is 5.91 Å². The van der Waals surface area contributed by atoms with Crippen LogP contribution >= 0.6 is 11.3 Å². The summed E-state index contributed by atoms with van der Waals surface area (Å²) in [7, 11) is 0. The molecule has 0 aromatic carbocycles. The highest BCUT2D eigenvalue weighted by molar-refractivity contribution is 7.21. The van der Waals surface area contributed by atoms with Gasteiger partial charge in [0.25, 0.3) is 5.91 Å². The fourth-order valence-electron chi connectivity index (χ4n) is 3.45. The van der Waals surface area contributed by atoms with Gasteiger partial charge in [-0.25, -0.2) is 4.52 Å². The zero-order valence-electron chi connectivity index (χ0n) is 15.6. The molecule has 0 spiro atoms. The van der Waals surface area contributed by atoms with Gasteiger partial charge in [-0.05, 0) is 38.9 Å². The number of hydrogen-bond donors (Lipinski definition) is 2.